The standard InChI is InChI=1S/C10H17N5O3/c1-5(2)18-10-14-8(11)13-9(15-10)12-6(3)7(16)17-4/h5-6H,1-4H3,(H3,11,12,13,14,15). The van der Waals surface area contributed by atoms with E-state index in [1.165, 1.54) is 7.11 Å². The summed E-state index contributed by atoms with van der Waals surface area (Å²) in [6, 6.07) is -0.485. The fourth-order valence-electron chi connectivity index (χ4n) is 1.13. The molecule has 8 heteroatoms. The third-order valence-electron chi connectivity index (χ3n) is 1.87. The van der Waals surface area contributed by atoms with Gasteiger partial charge in [-0.3, -0.25) is 0 Å². The number of hydrogen-bond acceptors (Lipinski definition) is 8. The van der Waals surface area contributed by atoms with Gasteiger partial charge in [-0.15, -0.1) is 0 Å². The van der Waals surface area contributed by atoms with E-state index in [9.17, 15) is 4.79 Å². The molecule has 1 aromatic heterocycles. The van der Waals surface area contributed by atoms with E-state index in [0.29, 0.717) is 0 Å². The van der Waals surface area contributed by atoms with Crippen molar-refractivity contribution in [3.05, 3.63) is 0 Å². The van der Waals surface area contributed by atoms with Crippen LogP contribution in [0.15, 0.2) is 0 Å². The number of nitrogen functional groups attached to an aromatic ring is 1. The van der Waals surface area contributed by atoms with Gasteiger partial charge in [0.05, 0.1) is 13.2 Å². The molecule has 18 heavy (non-hydrogen) atoms. The SMILES string of the molecule is COC(=O)C(C)Nc1nc(N)nc(OC(C)C)n1. The number of nitrogens with two attached hydrogens (primary N) is 1. The first-order valence-electron chi connectivity index (χ1n) is 5.45. The van der Waals surface area contributed by atoms with Gasteiger partial charge in [0.2, 0.25) is 11.9 Å². The summed E-state index contributed by atoms with van der Waals surface area (Å²) in [6.07, 6.45) is -0.0855. The molecule has 0 aromatic carbocycles. The summed E-state index contributed by atoms with van der Waals surface area (Å²) in [5.41, 5.74) is 5.52. The van der Waals surface area contributed by atoms with Crippen LogP contribution in [0.3, 0.4) is 0 Å². The lowest BCUT2D eigenvalue weighted by atomic mass is 10.3. The summed E-state index contributed by atoms with van der Waals surface area (Å²) >= 11 is 0. The van der Waals surface area contributed by atoms with Crippen LogP contribution in [-0.4, -0.2) is 40.2 Å². The number of rotatable bonds is 5. The molecule has 0 bridgehead atoms. The minimum absolute atomic E-state index is 0.0141. The Labute approximate surface area is 105 Å². The smallest absolute Gasteiger partial charge is 0.328 e. The number of ether oxygens (including phenoxy) is 2. The lowest BCUT2D eigenvalue weighted by Crippen LogP contribution is -2.28. The minimum Gasteiger partial charge on any atom is -0.467 e. The molecular formula is C10H17N5O3. The van der Waals surface area contributed by atoms with Crippen molar-refractivity contribution < 1.29 is 14.3 Å². The van der Waals surface area contributed by atoms with E-state index in [1.807, 2.05) is 13.8 Å². The van der Waals surface area contributed by atoms with Crippen LogP contribution < -0.4 is 15.8 Å². The normalized spacial score (nSPS) is 12.1. The highest BCUT2D eigenvalue weighted by Gasteiger charge is 2.15. The van der Waals surface area contributed by atoms with E-state index in [0.717, 1.165) is 0 Å². The molecule has 0 aliphatic carbocycles. The van der Waals surface area contributed by atoms with Gasteiger partial charge in [-0.1, -0.05) is 0 Å². The van der Waals surface area contributed by atoms with E-state index in [-0.39, 0.29) is 24.0 Å². The molecule has 1 unspecified atom stereocenters. The minimum atomic E-state index is -0.594. The highest BCUT2D eigenvalue weighted by Crippen LogP contribution is 2.11. The molecule has 8 nitrogen and oxygen atoms in total. The Hall–Kier alpha value is -2.12. The van der Waals surface area contributed by atoms with Gasteiger partial charge in [0.15, 0.2) is 0 Å². The number of nitrogens with zero attached hydrogens (tertiary/aromatic N) is 3. The van der Waals surface area contributed by atoms with E-state index in [1.54, 1.807) is 6.92 Å². The molecule has 0 radical (unpaired) electrons. The van der Waals surface area contributed by atoms with Gasteiger partial charge in [0.1, 0.15) is 6.04 Å². The molecule has 0 aliphatic rings. The fourth-order valence-corrected chi connectivity index (χ4v) is 1.13. The molecule has 1 rings (SSSR count). The highest BCUT2D eigenvalue weighted by atomic mass is 16.5. The molecule has 3 N–H and O–H groups in total. The molecule has 0 amide bonds. The number of carbonyl (C=O) groups is 1. The quantitative estimate of drug-likeness (QED) is 0.718. The second kappa shape index (κ2) is 5.99. The van der Waals surface area contributed by atoms with Crippen LogP contribution in [-0.2, 0) is 9.53 Å². The van der Waals surface area contributed by atoms with Gasteiger partial charge < -0.3 is 20.5 Å². The lowest BCUT2D eigenvalue weighted by molar-refractivity contribution is -0.141. The summed E-state index contributed by atoms with van der Waals surface area (Å²) in [5.74, 6) is -0.253. The zero-order valence-electron chi connectivity index (χ0n) is 10.8. The third kappa shape index (κ3) is 4.04. The predicted octanol–water partition coefficient (Wildman–Crippen LogP) is 0.214. The fraction of sp³-hybridized carbons (Fsp3) is 0.600. The summed E-state index contributed by atoms with van der Waals surface area (Å²) in [6.45, 7) is 5.29. The average Bonchev–Trinajstić information content (AvgIpc) is 2.25. The number of nitrogens with one attached hydrogen (secondary N) is 1. The maximum Gasteiger partial charge on any atom is 0.328 e. The van der Waals surface area contributed by atoms with Crippen LogP contribution in [0.4, 0.5) is 11.9 Å². The van der Waals surface area contributed by atoms with Crippen LogP contribution in [0.2, 0.25) is 0 Å². The largest absolute Gasteiger partial charge is 0.467 e. The summed E-state index contributed by atoms with van der Waals surface area (Å²) < 4.78 is 9.88. The third-order valence-corrected chi connectivity index (χ3v) is 1.87. The molecule has 0 spiro atoms. The van der Waals surface area contributed by atoms with Crippen molar-refractivity contribution in [2.24, 2.45) is 0 Å². The molecule has 1 atom stereocenters. The van der Waals surface area contributed by atoms with Gasteiger partial charge in [0.25, 0.3) is 0 Å². The van der Waals surface area contributed by atoms with Crippen molar-refractivity contribution in [3.8, 4) is 6.01 Å². The van der Waals surface area contributed by atoms with Gasteiger partial charge in [-0.05, 0) is 20.8 Å². The maximum absolute atomic E-state index is 11.2. The van der Waals surface area contributed by atoms with Crippen LogP contribution in [0.1, 0.15) is 20.8 Å². The first-order valence-corrected chi connectivity index (χ1v) is 5.45. The lowest BCUT2D eigenvalue weighted by Gasteiger charge is -2.13. The molecule has 100 valence electrons. The summed E-state index contributed by atoms with van der Waals surface area (Å²) in [4.78, 5) is 22.9. The Balaban J connectivity index is 2.82. The average molecular weight is 255 g/mol. The molecule has 0 saturated carbocycles. The Morgan fingerprint density at radius 3 is 2.50 bits per heavy atom. The Morgan fingerprint density at radius 1 is 1.28 bits per heavy atom. The number of aromatic nitrogens is 3. The van der Waals surface area contributed by atoms with E-state index in [4.69, 9.17) is 10.5 Å². The van der Waals surface area contributed by atoms with Crippen LogP contribution in [0.25, 0.3) is 0 Å². The summed E-state index contributed by atoms with van der Waals surface area (Å²) in [5, 5.41) is 2.75. The number of esters is 1. The van der Waals surface area contributed by atoms with Crippen LogP contribution in [0.5, 0.6) is 6.01 Å². The zero-order chi connectivity index (χ0) is 13.7. The van der Waals surface area contributed by atoms with Crippen molar-refractivity contribution in [1.82, 2.24) is 15.0 Å². The molecule has 0 fully saturated rings. The zero-order valence-corrected chi connectivity index (χ0v) is 10.8. The van der Waals surface area contributed by atoms with Gasteiger partial charge >= 0.3 is 12.0 Å². The highest BCUT2D eigenvalue weighted by molar-refractivity contribution is 5.77. The van der Waals surface area contributed by atoms with E-state index < -0.39 is 12.0 Å². The van der Waals surface area contributed by atoms with Crippen molar-refractivity contribution in [1.29, 1.82) is 0 Å². The number of methoxy groups -OCH3 is 1. The molecular weight excluding hydrogens is 238 g/mol. The summed E-state index contributed by atoms with van der Waals surface area (Å²) in [7, 11) is 1.30. The molecule has 1 heterocycles. The molecule has 0 saturated heterocycles. The van der Waals surface area contributed by atoms with Crippen molar-refractivity contribution >= 4 is 17.9 Å². The van der Waals surface area contributed by atoms with Crippen LogP contribution in [0, 0.1) is 0 Å². The first-order chi connectivity index (χ1) is 8.42. The van der Waals surface area contributed by atoms with E-state index >= 15 is 0 Å². The maximum atomic E-state index is 11.2. The Morgan fingerprint density at radius 2 is 1.94 bits per heavy atom. The van der Waals surface area contributed by atoms with Crippen molar-refractivity contribution in [2.45, 2.75) is 32.9 Å². The number of anilines is 2. The second-order valence-electron chi connectivity index (χ2n) is 3.86. The molecule has 1 aromatic rings. The van der Waals surface area contributed by atoms with Gasteiger partial charge in [-0.2, -0.15) is 15.0 Å². The van der Waals surface area contributed by atoms with Crippen molar-refractivity contribution in [2.75, 3.05) is 18.2 Å². The Bertz CT molecular complexity index is 424. The molecule has 0 aliphatic heterocycles. The predicted molar refractivity (Wildman–Crippen MR) is 65.1 cm³/mol. The first kappa shape index (κ1) is 13.9. The van der Waals surface area contributed by atoms with Crippen LogP contribution >= 0.6 is 0 Å². The van der Waals surface area contributed by atoms with E-state index in [2.05, 4.69) is 25.0 Å². The Kier molecular flexibility index (Phi) is 4.64. The van der Waals surface area contributed by atoms with Gasteiger partial charge in [0, 0.05) is 0 Å². The van der Waals surface area contributed by atoms with Crippen molar-refractivity contribution in [3.63, 3.8) is 0 Å². The second-order valence-corrected chi connectivity index (χ2v) is 3.86. The monoisotopic (exact) mass is 255 g/mol. The van der Waals surface area contributed by atoms with Gasteiger partial charge in [-0.25, -0.2) is 4.79 Å². The number of carbonyl (C=O) groups excluding carboxylic acids is 1. The number of hydrogen-bond donors (Lipinski definition) is 2. The topological polar surface area (TPSA) is 112 Å².